The SMILES string of the molecule is CN=C(NCCCNC(=O)OC(C)(C)C)NCc1ccc(F)c(Cl)c1.I. The second-order valence-electron chi connectivity index (χ2n) is 6.38. The summed E-state index contributed by atoms with van der Waals surface area (Å²) in [5.41, 5.74) is 0.346. The minimum atomic E-state index is -0.502. The second-order valence-corrected chi connectivity index (χ2v) is 6.79. The number of alkyl carbamates (subject to hydrolysis) is 1. The molecule has 1 amide bonds. The molecule has 9 heteroatoms. The van der Waals surface area contributed by atoms with Gasteiger partial charge in [-0.2, -0.15) is 0 Å². The summed E-state index contributed by atoms with van der Waals surface area (Å²) in [7, 11) is 1.66. The number of carbonyl (C=O) groups is 1. The molecule has 1 aromatic carbocycles. The van der Waals surface area contributed by atoms with Crippen LogP contribution in [0.1, 0.15) is 32.8 Å². The van der Waals surface area contributed by atoms with Gasteiger partial charge in [0.15, 0.2) is 5.96 Å². The van der Waals surface area contributed by atoms with Crippen molar-refractivity contribution in [3.63, 3.8) is 0 Å². The summed E-state index contributed by atoms with van der Waals surface area (Å²) in [5.74, 6) is 0.170. The number of hydrogen-bond donors (Lipinski definition) is 3. The quantitative estimate of drug-likeness (QED) is 0.241. The lowest BCUT2D eigenvalue weighted by atomic mass is 10.2. The molecule has 0 spiro atoms. The van der Waals surface area contributed by atoms with E-state index in [2.05, 4.69) is 20.9 Å². The first-order valence-corrected chi connectivity index (χ1v) is 8.44. The molecule has 148 valence electrons. The van der Waals surface area contributed by atoms with Gasteiger partial charge in [0.2, 0.25) is 0 Å². The summed E-state index contributed by atoms with van der Waals surface area (Å²) < 4.78 is 18.3. The highest BCUT2D eigenvalue weighted by atomic mass is 127. The van der Waals surface area contributed by atoms with Gasteiger partial charge in [-0.15, -0.1) is 24.0 Å². The maximum atomic E-state index is 13.1. The second kappa shape index (κ2) is 12.2. The summed E-state index contributed by atoms with van der Waals surface area (Å²) in [6, 6.07) is 4.56. The van der Waals surface area contributed by atoms with Gasteiger partial charge in [-0.1, -0.05) is 17.7 Å². The number of aliphatic imine (C=N–C) groups is 1. The first-order valence-electron chi connectivity index (χ1n) is 8.06. The molecular weight excluding hydrogens is 474 g/mol. The Labute approximate surface area is 176 Å². The van der Waals surface area contributed by atoms with E-state index in [-0.39, 0.29) is 29.0 Å². The Bertz CT molecular complexity index is 609. The molecule has 3 N–H and O–H groups in total. The van der Waals surface area contributed by atoms with Crippen molar-refractivity contribution in [1.29, 1.82) is 0 Å². The molecule has 0 bridgehead atoms. The van der Waals surface area contributed by atoms with Crippen LogP contribution in [0.5, 0.6) is 0 Å². The molecule has 0 aliphatic carbocycles. The van der Waals surface area contributed by atoms with E-state index in [0.717, 1.165) is 5.56 Å². The monoisotopic (exact) mass is 500 g/mol. The first-order chi connectivity index (χ1) is 11.7. The van der Waals surface area contributed by atoms with Crippen LogP contribution in [-0.2, 0) is 11.3 Å². The molecule has 6 nitrogen and oxygen atoms in total. The Hall–Kier alpha value is -1.29. The van der Waals surface area contributed by atoms with E-state index in [1.165, 1.54) is 6.07 Å². The number of rotatable bonds is 6. The molecule has 0 heterocycles. The number of carbonyl (C=O) groups excluding carboxylic acids is 1. The number of guanidine groups is 1. The van der Waals surface area contributed by atoms with Gasteiger partial charge in [0, 0.05) is 26.7 Å². The van der Waals surface area contributed by atoms with Gasteiger partial charge in [-0.3, -0.25) is 4.99 Å². The largest absolute Gasteiger partial charge is 0.444 e. The van der Waals surface area contributed by atoms with Gasteiger partial charge >= 0.3 is 6.09 Å². The fraction of sp³-hybridized carbons (Fsp3) is 0.529. The third-order valence-electron chi connectivity index (χ3n) is 2.98. The van der Waals surface area contributed by atoms with Crippen LogP contribution in [0.2, 0.25) is 5.02 Å². The van der Waals surface area contributed by atoms with Gasteiger partial charge in [0.25, 0.3) is 0 Å². The number of halogens is 3. The maximum absolute atomic E-state index is 13.1. The normalized spacial score (nSPS) is 11.4. The number of ether oxygens (including phenoxy) is 1. The Kier molecular flexibility index (Phi) is 11.6. The minimum absolute atomic E-state index is 0. The van der Waals surface area contributed by atoms with Crippen LogP contribution in [0.3, 0.4) is 0 Å². The maximum Gasteiger partial charge on any atom is 0.407 e. The lowest BCUT2D eigenvalue weighted by Gasteiger charge is -2.19. The highest BCUT2D eigenvalue weighted by Gasteiger charge is 2.15. The Balaban J connectivity index is 0.00000625. The first kappa shape index (κ1) is 24.7. The lowest BCUT2D eigenvalue weighted by molar-refractivity contribution is 0.0527. The van der Waals surface area contributed by atoms with Crippen LogP contribution in [0.25, 0.3) is 0 Å². The van der Waals surface area contributed by atoms with E-state index in [1.807, 2.05) is 20.8 Å². The summed E-state index contributed by atoms with van der Waals surface area (Å²) in [6.45, 7) is 7.04. The highest BCUT2D eigenvalue weighted by Crippen LogP contribution is 2.15. The van der Waals surface area contributed by atoms with E-state index < -0.39 is 17.5 Å². The van der Waals surface area contributed by atoms with Gasteiger partial charge in [-0.25, -0.2) is 9.18 Å². The van der Waals surface area contributed by atoms with Crippen LogP contribution in [0.15, 0.2) is 23.2 Å². The number of nitrogens with one attached hydrogen (secondary N) is 3. The number of amides is 1. The van der Waals surface area contributed by atoms with Crippen LogP contribution >= 0.6 is 35.6 Å². The summed E-state index contributed by atoms with van der Waals surface area (Å²) in [5, 5.41) is 9.02. The molecule has 0 radical (unpaired) electrons. The smallest absolute Gasteiger partial charge is 0.407 e. The number of nitrogens with zero attached hydrogens (tertiary/aromatic N) is 1. The molecule has 0 fully saturated rings. The van der Waals surface area contributed by atoms with Crippen LogP contribution < -0.4 is 16.0 Å². The van der Waals surface area contributed by atoms with Crippen molar-refractivity contribution in [1.82, 2.24) is 16.0 Å². The Morgan fingerprint density at radius 2 is 1.88 bits per heavy atom. The fourth-order valence-corrected chi connectivity index (χ4v) is 2.06. The van der Waals surface area contributed by atoms with E-state index in [0.29, 0.717) is 32.0 Å². The average molecular weight is 501 g/mol. The van der Waals surface area contributed by atoms with Crippen LogP contribution in [0.4, 0.5) is 9.18 Å². The third-order valence-corrected chi connectivity index (χ3v) is 3.27. The molecule has 0 saturated heterocycles. The Morgan fingerprint density at radius 3 is 2.46 bits per heavy atom. The lowest BCUT2D eigenvalue weighted by Crippen LogP contribution is -2.39. The molecule has 1 aromatic rings. The zero-order valence-electron chi connectivity index (χ0n) is 15.5. The standard InChI is InChI=1S/C17H26ClFN4O2.HI/c1-17(2,3)25-16(24)22-9-5-8-21-15(20-4)23-11-12-6-7-14(19)13(18)10-12;/h6-7,10H,5,8-9,11H2,1-4H3,(H,22,24)(H2,20,21,23);1H. The average Bonchev–Trinajstić information content (AvgIpc) is 2.51. The molecule has 1 rings (SSSR count). The van der Waals surface area contributed by atoms with Crippen LogP contribution in [0, 0.1) is 5.82 Å². The zero-order valence-corrected chi connectivity index (χ0v) is 18.6. The predicted molar refractivity (Wildman–Crippen MR) is 114 cm³/mol. The van der Waals surface area contributed by atoms with Crippen molar-refractivity contribution in [3.8, 4) is 0 Å². The van der Waals surface area contributed by atoms with E-state index in [9.17, 15) is 9.18 Å². The summed E-state index contributed by atoms with van der Waals surface area (Å²) in [6.07, 6.45) is 0.283. The zero-order chi connectivity index (χ0) is 18.9. The molecule has 0 saturated carbocycles. The molecule has 0 atom stereocenters. The van der Waals surface area contributed by atoms with E-state index in [1.54, 1.807) is 19.2 Å². The highest BCUT2D eigenvalue weighted by molar-refractivity contribution is 14.0. The van der Waals surface area contributed by atoms with Crippen molar-refractivity contribution < 1.29 is 13.9 Å². The molecule has 0 aromatic heterocycles. The van der Waals surface area contributed by atoms with Crippen molar-refractivity contribution >= 4 is 47.6 Å². The van der Waals surface area contributed by atoms with E-state index >= 15 is 0 Å². The molecule has 0 aliphatic heterocycles. The van der Waals surface area contributed by atoms with Crippen LogP contribution in [-0.4, -0.2) is 37.8 Å². The number of hydrogen-bond acceptors (Lipinski definition) is 3. The van der Waals surface area contributed by atoms with E-state index in [4.69, 9.17) is 16.3 Å². The van der Waals surface area contributed by atoms with Gasteiger partial charge < -0.3 is 20.7 Å². The van der Waals surface area contributed by atoms with Gasteiger partial charge in [0.1, 0.15) is 11.4 Å². The summed E-state index contributed by atoms with van der Waals surface area (Å²) in [4.78, 5) is 15.6. The van der Waals surface area contributed by atoms with Gasteiger partial charge in [-0.05, 0) is 44.9 Å². The van der Waals surface area contributed by atoms with Crippen molar-refractivity contribution in [3.05, 3.63) is 34.6 Å². The molecule has 26 heavy (non-hydrogen) atoms. The molecule has 0 unspecified atom stereocenters. The fourth-order valence-electron chi connectivity index (χ4n) is 1.86. The third kappa shape index (κ3) is 10.6. The molecular formula is C17H27ClFIN4O2. The van der Waals surface area contributed by atoms with Crippen molar-refractivity contribution in [2.24, 2.45) is 4.99 Å². The predicted octanol–water partition coefficient (Wildman–Crippen LogP) is 3.68. The number of benzene rings is 1. The van der Waals surface area contributed by atoms with Gasteiger partial charge in [0.05, 0.1) is 5.02 Å². The summed E-state index contributed by atoms with van der Waals surface area (Å²) >= 11 is 5.75. The Morgan fingerprint density at radius 1 is 1.23 bits per heavy atom. The van der Waals surface area contributed by atoms with Crippen molar-refractivity contribution in [2.45, 2.75) is 39.3 Å². The van der Waals surface area contributed by atoms with Crippen molar-refractivity contribution in [2.75, 3.05) is 20.1 Å². The molecule has 0 aliphatic rings. The topological polar surface area (TPSA) is 74.8 Å². The minimum Gasteiger partial charge on any atom is -0.444 e.